The molecule has 0 unspecified atom stereocenters. The van der Waals surface area contributed by atoms with Gasteiger partial charge in [0, 0.05) is 11.9 Å². The molecule has 2 rings (SSSR count). The van der Waals surface area contributed by atoms with E-state index in [2.05, 4.69) is 14.8 Å². The molecule has 0 aromatic heterocycles. The summed E-state index contributed by atoms with van der Waals surface area (Å²) in [6.45, 7) is 0. The first-order valence-electron chi connectivity index (χ1n) is 7.20. The number of nitrogens with one attached hydrogen (secondary N) is 1. The molecule has 0 aliphatic heterocycles. The molecule has 7 heteroatoms. The van der Waals surface area contributed by atoms with Gasteiger partial charge in [-0.05, 0) is 48.5 Å². The van der Waals surface area contributed by atoms with E-state index in [4.69, 9.17) is 4.74 Å². The van der Waals surface area contributed by atoms with Crippen LogP contribution >= 0.6 is 0 Å². The molecule has 25 heavy (non-hydrogen) atoms. The van der Waals surface area contributed by atoms with Gasteiger partial charge >= 0.3 is 11.9 Å². The van der Waals surface area contributed by atoms with E-state index >= 15 is 0 Å². The first-order valence-corrected chi connectivity index (χ1v) is 7.20. The van der Waals surface area contributed by atoms with Crippen molar-refractivity contribution in [1.82, 2.24) is 0 Å². The third kappa shape index (κ3) is 5.07. The van der Waals surface area contributed by atoms with Crippen LogP contribution in [0, 0.1) is 5.82 Å². The van der Waals surface area contributed by atoms with Gasteiger partial charge < -0.3 is 19.5 Å². The minimum atomic E-state index is -0.810. The van der Waals surface area contributed by atoms with Gasteiger partial charge in [-0.15, -0.1) is 0 Å². The van der Waals surface area contributed by atoms with Gasteiger partial charge in [0.05, 0.1) is 14.2 Å². The molecule has 2 aromatic rings. The molecule has 0 aliphatic carbocycles. The van der Waals surface area contributed by atoms with E-state index in [0.717, 1.165) is 0 Å². The Labute approximate surface area is 143 Å². The van der Waals surface area contributed by atoms with Crippen molar-refractivity contribution in [2.45, 2.75) is 0 Å². The molecule has 0 spiro atoms. The quantitative estimate of drug-likeness (QED) is 0.375. The standard InChI is InChI=1S/C18H16FNO5/c1-23-17(21)16(18(22)24-2)11-20-13-5-9-15(10-6-13)25-14-7-3-12(19)4-8-14/h3-11,20H,1-2H3. The molecule has 0 heterocycles. The van der Waals surface area contributed by atoms with E-state index in [-0.39, 0.29) is 11.4 Å². The van der Waals surface area contributed by atoms with E-state index in [9.17, 15) is 14.0 Å². The monoisotopic (exact) mass is 345 g/mol. The van der Waals surface area contributed by atoms with Gasteiger partial charge in [-0.3, -0.25) is 0 Å². The lowest BCUT2D eigenvalue weighted by molar-refractivity contribution is -0.144. The fourth-order valence-electron chi connectivity index (χ4n) is 1.83. The second kappa shape index (κ2) is 8.49. The van der Waals surface area contributed by atoms with Crippen molar-refractivity contribution in [2.24, 2.45) is 0 Å². The summed E-state index contributed by atoms with van der Waals surface area (Å²) in [5.41, 5.74) is 0.341. The second-order valence-corrected chi connectivity index (χ2v) is 4.77. The average molecular weight is 345 g/mol. The average Bonchev–Trinajstić information content (AvgIpc) is 2.64. The summed E-state index contributed by atoms with van der Waals surface area (Å²) in [5.74, 6) is -0.917. The fraction of sp³-hybridized carbons (Fsp3) is 0.111. The molecule has 0 atom stereocenters. The maximum Gasteiger partial charge on any atom is 0.346 e. The van der Waals surface area contributed by atoms with Gasteiger partial charge in [-0.1, -0.05) is 0 Å². The summed E-state index contributed by atoms with van der Waals surface area (Å²) in [7, 11) is 2.33. The minimum Gasteiger partial charge on any atom is -0.465 e. The molecule has 0 aliphatic rings. The zero-order chi connectivity index (χ0) is 18.2. The molecular formula is C18H16FNO5. The van der Waals surface area contributed by atoms with Crippen LogP contribution in [0.3, 0.4) is 0 Å². The smallest absolute Gasteiger partial charge is 0.346 e. The molecule has 0 fully saturated rings. The molecule has 0 saturated heterocycles. The van der Waals surface area contributed by atoms with E-state index in [1.165, 1.54) is 44.7 Å². The predicted octanol–water partition coefficient (Wildman–Crippen LogP) is 3.26. The van der Waals surface area contributed by atoms with Crippen LogP contribution in [0.2, 0.25) is 0 Å². The van der Waals surface area contributed by atoms with Crippen LogP contribution in [0.4, 0.5) is 10.1 Å². The summed E-state index contributed by atoms with van der Waals surface area (Å²) in [5, 5.41) is 2.80. The van der Waals surface area contributed by atoms with Crippen molar-refractivity contribution in [1.29, 1.82) is 0 Å². The number of esters is 2. The highest BCUT2D eigenvalue weighted by Crippen LogP contribution is 2.23. The van der Waals surface area contributed by atoms with Crippen LogP contribution in [0.5, 0.6) is 11.5 Å². The van der Waals surface area contributed by atoms with E-state index in [1.54, 1.807) is 24.3 Å². The topological polar surface area (TPSA) is 73.9 Å². The molecule has 0 saturated carbocycles. The number of carbonyl (C=O) groups excluding carboxylic acids is 2. The van der Waals surface area contributed by atoms with Gasteiger partial charge in [-0.2, -0.15) is 0 Å². The maximum atomic E-state index is 12.9. The highest BCUT2D eigenvalue weighted by atomic mass is 19.1. The van der Waals surface area contributed by atoms with Crippen molar-refractivity contribution in [3.8, 4) is 11.5 Å². The van der Waals surface area contributed by atoms with E-state index in [1.807, 2.05) is 0 Å². The minimum absolute atomic E-state index is 0.267. The van der Waals surface area contributed by atoms with Crippen LogP contribution in [0.25, 0.3) is 0 Å². The van der Waals surface area contributed by atoms with Crippen molar-refractivity contribution >= 4 is 17.6 Å². The van der Waals surface area contributed by atoms with Crippen LogP contribution in [-0.2, 0) is 19.1 Å². The number of hydrogen-bond donors (Lipinski definition) is 1. The molecule has 1 N–H and O–H groups in total. The van der Waals surface area contributed by atoms with Crippen molar-refractivity contribution in [3.63, 3.8) is 0 Å². The van der Waals surface area contributed by atoms with E-state index < -0.39 is 11.9 Å². The summed E-state index contributed by atoms with van der Waals surface area (Å²) < 4.78 is 27.5. The van der Waals surface area contributed by atoms with Crippen molar-refractivity contribution in [3.05, 3.63) is 66.1 Å². The third-order valence-corrected chi connectivity index (χ3v) is 3.10. The van der Waals surface area contributed by atoms with Crippen LogP contribution in [-0.4, -0.2) is 26.2 Å². The number of hydrogen-bond acceptors (Lipinski definition) is 6. The summed E-state index contributed by atoms with van der Waals surface area (Å²) in [4.78, 5) is 23.1. The van der Waals surface area contributed by atoms with Crippen molar-refractivity contribution < 1.29 is 28.2 Å². The number of ether oxygens (including phenoxy) is 3. The SMILES string of the molecule is COC(=O)C(=CNc1ccc(Oc2ccc(F)cc2)cc1)C(=O)OC. The molecule has 6 nitrogen and oxygen atoms in total. The van der Waals surface area contributed by atoms with Gasteiger partial charge in [0.25, 0.3) is 0 Å². The lowest BCUT2D eigenvalue weighted by Gasteiger charge is -2.08. The predicted molar refractivity (Wildman–Crippen MR) is 88.7 cm³/mol. The Kier molecular flexibility index (Phi) is 6.11. The molecule has 0 bridgehead atoms. The van der Waals surface area contributed by atoms with Crippen molar-refractivity contribution in [2.75, 3.05) is 19.5 Å². The molecule has 0 radical (unpaired) electrons. The number of carbonyl (C=O) groups is 2. The number of halogens is 1. The Bertz CT molecular complexity index is 751. The Hall–Kier alpha value is -3.35. The summed E-state index contributed by atoms with van der Waals surface area (Å²) in [6, 6.07) is 12.4. The van der Waals surface area contributed by atoms with Gasteiger partial charge in [0.1, 0.15) is 17.3 Å². The Morgan fingerprint density at radius 2 is 1.36 bits per heavy atom. The van der Waals surface area contributed by atoms with Gasteiger partial charge in [0.15, 0.2) is 5.57 Å². The van der Waals surface area contributed by atoms with Crippen LogP contribution < -0.4 is 10.1 Å². The summed E-state index contributed by atoms with van der Waals surface area (Å²) in [6.07, 6.45) is 1.20. The third-order valence-electron chi connectivity index (χ3n) is 3.10. The number of benzene rings is 2. The van der Waals surface area contributed by atoms with Gasteiger partial charge in [-0.25, -0.2) is 14.0 Å². The fourth-order valence-corrected chi connectivity index (χ4v) is 1.83. The molecule has 2 aromatic carbocycles. The molecule has 130 valence electrons. The lowest BCUT2D eigenvalue weighted by atomic mass is 10.2. The normalized spacial score (nSPS) is 9.72. The number of rotatable bonds is 6. The first-order chi connectivity index (χ1) is 12.0. The summed E-state index contributed by atoms with van der Waals surface area (Å²) >= 11 is 0. The Morgan fingerprint density at radius 3 is 1.84 bits per heavy atom. The van der Waals surface area contributed by atoms with E-state index in [0.29, 0.717) is 17.2 Å². The Morgan fingerprint density at radius 1 is 0.880 bits per heavy atom. The van der Waals surface area contributed by atoms with Crippen LogP contribution in [0.1, 0.15) is 0 Å². The molecular weight excluding hydrogens is 329 g/mol. The highest BCUT2D eigenvalue weighted by Gasteiger charge is 2.19. The Balaban J connectivity index is 2.06. The van der Waals surface area contributed by atoms with Crippen LogP contribution in [0.15, 0.2) is 60.3 Å². The first kappa shape index (κ1) is 18.0. The lowest BCUT2D eigenvalue weighted by Crippen LogP contribution is -2.17. The zero-order valence-corrected chi connectivity index (χ0v) is 13.6. The number of anilines is 1. The maximum absolute atomic E-state index is 12.9. The zero-order valence-electron chi connectivity index (χ0n) is 13.6. The largest absolute Gasteiger partial charge is 0.465 e. The van der Waals surface area contributed by atoms with Gasteiger partial charge in [0.2, 0.25) is 0 Å². The number of methoxy groups -OCH3 is 2. The second-order valence-electron chi connectivity index (χ2n) is 4.77. The highest BCUT2D eigenvalue weighted by molar-refractivity contribution is 6.14. The molecule has 0 amide bonds.